The Hall–Kier alpha value is -1.06. The quantitative estimate of drug-likeness (QED) is 0.685. The minimum Gasteiger partial charge on any atom is -0.481 e. The predicted molar refractivity (Wildman–Crippen MR) is 49.7 cm³/mol. The number of hydrogen-bond acceptors (Lipinski definition) is 3. The molecule has 0 radical (unpaired) electrons. The lowest BCUT2D eigenvalue weighted by atomic mass is 9.75. The summed E-state index contributed by atoms with van der Waals surface area (Å²) in [6.07, 6.45) is 0.842. The highest BCUT2D eigenvalue weighted by molar-refractivity contribution is 5.79. The second-order valence-electron chi connectivity index (χ2n) is 4.74. The third kappa shape index (κ3) is 2.72. The Labute approximate surface area is 83.2 Å². The van der Waals surface area contributed by atoms with E-state index in [2.05, 4.69) is 0 Å². The molecular formula is C10H16O4. The van der Waals surface area contributed by atoms with E-state index in [1.54, 1.807) is 20.8 Å². The van der Waals surface area contributed by atoms with Crippen molar-refractivity contribution in [2.45, 2.75) is 39.2 Å². The van der Waals surface area contributed by atoms with E-state index in [0.717, 1.165) is 0 Å². The van der Waals surface area contributed by atoms with Gasteiger partial charge in [-0.25, -0.2) is 0 Å². The number of carboxylic acids is 1. The Balaban J connectivity index is 2.34. The van der Waals surface area contributed by atoms with Crippen LogP contribution in [0.2, 0.25) is 0 Å². The fourth-order valence-electron chi connectivity index (χ4n) is 1.40. The highest BCUT2D eigenvalue weighted by Crippen LogP contribution is 2.35. The summed E-state index contributed by atoms with van der Waals surface area (Å²) in [5.74, 6) is -1.65. The van der Waals surface area contributed by atoms with Gasteiger partial charge in [0, 0.05) is 0 Å². The van der Waals surface area contributed by atoms with Gasteiger partial charge >= 0.3 is 11.9 Å². The summed E-state index contributed by atoms with van der Waals surface area (Å²) in [5, 5.41) is 8.61. The van der Waals surface area contributed by atoms with Crippen molar-refractivity contribution in [1.82, 2.24) is 0 Å². The first-order valence-corrected chi connectivity index (χ1v) is 4.75. The second kappa shape index (κ2) is 3.59. The first-order valence-electron chi connectivity index (χ1n) is 4.75. The van der Waals surface area contributed by atoms with Crippen LogP contribution in [-0.4, -0.2) is 22.6 Å². The number of ether oxygens (including phenoxy) is 1. The second-order valence-corrected chi connectivity index (χ2v) is 4.74. The molecule has 0 aromatic rings. The van der Waals surface area contributed by atoms with Crippen molar-refractivity contribution in [2.75, 3.05) is 0 Å². The summed E-state index contributed by atoms with van der Waals surface area (Å²) in [7, 11) is 0. The summed E-state index contributed by atoms with van der Waals surface area (Å²) in [4.78, 5) is 21.9. The van der Waals surface area contributed by atoms with Crippen LogP contribution in [0, 0.1) is 11.8 Å². The maximum absolute atomic E-state index is 11.4. The van der Waals surface area contributed by atoms with E-state index in [9.17, 15) is 9.59 Å². The smallest absolute Gasteiger partial charge is 0.309 e. The van der Waals surface area contributed by atoms with E-state index in [1.807, 2.05) is 0 Å². The summed E-state index contributed by atoms with van der Waals surface area (Å²) >= 11 is 0. The molecule has 80 valence electrons. The summed E-state index contributed by atoms with van der Waals surface area (Å²) < 4.78 is 5.14. The summed E-state index contributed by atoms with van der Waals surface area (Å²) in [5.41, 5.74) is -0.481. The molecule has 4 nitrogen and oxygen atoms in total. The lowest BCUT2D eigenvalue weighted by Crippen LogP contribution is -2.38. The molecule has 1 rings (SSSR count). The molecule has 0 heterocycles. The highest BCUT2D eigenvalue weighted by atomic mass is 16.6. The Morgan fingerprint density at radius 3 is 2.07 bits per heavy atom. The van der Waals surface area contributed by atoms with Crippen molar-refractivity contribution < 1.29 is 19.4 Å². The van der Waals surface area contributed by atoms with E-state index in [1.165, 1.54) is 0 Å². The molecule has 0 saturated heterocycles. The Bertz CT molecular complexity index is 245. The maximum Gasteiger partial charge on any atom is 0.309 e. The molecule has 0 unspecified atom stereocenters. The molecule has 0 aromatic heterocycles. The zero-order chi connectivity index (χ0) is 10.9. The monoisotopic (exact) mass is 200 g/mol. The van der Waals surface area contributed by atoms with Gasteiger partial charge in [-0.2, -0.15) is 0 Å². The van der Waals surface area contributed by atoms with E-state index in [0.29, 0.717) is 12.8 Å². The van der Waals surface area contributed by atoms with E-state index in [-0.39, 0.29) is 17.8 Å². The Kier molecular flexibility index (Phi) is 2.83. The molecule has 1 aliphatic carbocycles. The van der Waals surface area contributed by atoms with Gasteiger partial charge in [0.2, 0.25) is 0 Å². The number of carbonyl (C=O) groups is 2. The van der Waals surface area contributed by atoms with Crippen molar-refractivity contribution in [2.24, 2.45) is 11.8 Å². The highest BCUT2D eigenvalue weighted by Gasteiger charge is 2.40. The molecule has 0 aliphatic heterocycles. The minimum absolute atomic E-state index is 0.213. The van der Waals surface area contributed by atoms with Crippen LogP contribution in [0.1, 0.15) is 33.6 Å². The first-order chi connectivity index (χ1) is 6.29. The molecular weight excluding hydrogens is 184 g/mol. The van der Waals surface area contributed by atoms with Gasteiger partial charge in [-0.3, -0.25) is 9.59 Å². The van der Waals surface area contributed by atoms with Gasteiger partial charge in [0.1, 0.15) is 5.60 Å². The number of esters is 1. The molecule has 0 atom stereocenters. The predicted octanol–water partition coefficient (Wildman–Crippen LogP) is 1.44. The molecule has 0 aromatic carbocycles. The van der Waals surface area contributed by atoms with Gasteiger partial charge in [0.05, 0.1) is 11.8 Å². The molecule has 14 heavy (non-hydrogen) atoms. The van der Waals surface area contributed by atoms with Crippen LogP contribution in [0.25, 0.3) is 0 Å². The van der Waals surface area contributed by atoms with Crippen molar-refractivity contribution in [3.8, 4) is 0 Å². The zero-order valence-electron chi connectivity index (χ0n) is 8.74. The third-order valence-corrected chi connectivity index (χ3v) is 2.23. The van der Waals surface area contributed by atoms with Crippen LogP contribution < -0.4 is 0 Å². The zero-order valence-corrected chi connectivity index (χ0v) is 8.74. The van der Waals surface area contributed by atoms with Gasteiger partial charge in [-0.1, -0.05) is 0 Å². The van der Waals surface area contributed by atoms with Gasteiger partial charge in [-0.15, -0.1) is 0 Å². The molecule has 1 saturated carbocycles. The van der Waals surface area contributed by atoms with Crippen LogP contribution >= 0.6 is 0 Å². The van der Waals surface area contributed by atoms with Crippen molar-refractivity contribution in [3.05, 3.63) is 0 Å². The van der Waals surface area contributed by atoms with Crippen molar-refractivity contribution >= 4 is 11.9 Å². The average Bonchev–Trinajstić information content (AvgIpc) is 1.75. The summed E-state index contributed by atoms with van der Waals surface area (Å²) in [6, 6.07) is 0. The molecule has 0 amide bonds. The van der Waals surface area contributed by atoms with E-state index in [4.69, 9.17) is 9.84 Å². The maximum atomic E-state index is 11.4. The van der Waals surface area contributed by atoms with Crippen LogP contribution in [0.15, 0.2) is 0 Å². The van der Waals surface area contributed by atoms with E-state index < -0.39 is 11.6 Å². The standard InChI is InChI=1S/C10H16O4/c1-10(2,3)14-9(13)7-4-6(5-7)8(11)12/h6-7H,4-5H2,1-3H3,(H,11,12). The Morgan fingerprint density at radius 1 is 1.21 bits per heavy atom. The number of carbonyl (C=O) groups excluding carboxylic acids is 1. The molecule has 0 bridgehead atoms. The molecule has 1 N–H and O–H groups in total. The van der Waals surface area contributed by atoms with Gasteiger partial charge in [-0.05, 0) is 33.6 Å². The number of aliphatic carboxylic acids is 1. The lowest BCUT2D eigenvalue weighted by Gasteiger charge is -2.32. The van der Waals surface area contributed by atoms with Crippen molar-refractivity contribution in [3.63, 3.8) is 0 Å². The molecule has 1 fully saturated rings. The fourth-order valence-corrected chi connectivity index (χ4v) is 1.40. The van der Waals surface area contributed by atoms with Gasteiger partial charge in [0.15, 0.2) is 0 Å². The first kappa shape index (κ1) is 11.0. The van der Waals surface area contributed by atoms with Crippen LogP contribution in [0.5, 0.6) is 0 Å². The third-order valence-electron chi connectivity index (χ3n) is 2.23. The van der Waals surface area contributed by atoms with Gasteiger partial charge in [0.25, 0.3) is 0 Å². The topological polar surface area (TPSA) is 63.6 Å². The SMILES string of the molecule is CC(C)(C)OC(=O)C1CC(C(=O)O)C1. The Morgan fingerprint density at radius 2 is 1.71 bits per heavy atom. The average molecular weight is 200 g/mol. The van der Waals surface area contributed by atoms with Crippen molar-refractivity contribution in [1.29, 1.82) is 0 Å². The van der Waals surface area contributed by atoms with Crippen LogP contribution in [0.4, 0.5) is 0 Å². The normalized spacial score (nSPS) is 26.5. The molecule has 0 spiro atoms. The number of hydrogen-bond donors (Lipinski definition) is 1. The van der Waals surface area contributed by atoms with Crippen LogP contribution in [0.3, 0.4) is 0 Å². The fraction of sp³-hybridized carbons (Fsp3) is 0.800. The number of carboxylic acid groups (broad SMARTS) is 1. The van der Waals surface area contributed by atoms with Crippen LogP contribution in [-0.2, 0) is 14.3 Å². The number of rotatable bonds is 2. The molecule has 4 heteroatoms. The van der Waals surface area contributed by atoms with Gasteiger partial charge < -0.3 is 9.84 Å². The molecule has 1 aliphatic rings. The summed E-state index contributed by atoms with van der Waals surface area (Å²) in [6.45, 7) is 5.41. The lowest BCUT2D eigenvalue weighted by molar-refractivity contribution is -0.167. The largest absolute Gasteiger partial charge is 0.481 e. The van der Waals surface area contributed by atoms with E-state index >= 15 is 0 Å². The minimum atomic E-state index is -0.815.